The molecule has 0 aromatic carbocycles. The number of hydrogen-bond acceptors (Lipinski definition) is 4. The highest BCUT2D eigenvalue weighted by molar-refractivity contribution is 7.07. The minimum atomic E-state index is 0.106. The lowest BCUT2D eigenvalue weighted by atomic mass is 10.1. The van der Waals surface area contributed by atoms with E-state index in [0.29, 0.717) is 0 Å². The van der Waals surface area contributed by atoms with Crippen LogP contribution < -0.4 is 4.90 Å². The van der Waals surface area contributed by atoms with Gasteiger partial charge < -0.3 is 9.80 Å². The molecule has 0 N–H and O–H groups in total. The Hall–Kier alpha value is -1.88. The number of pyridine rings is 1. The van der Waals surface area contributed by atoms with Gasteiger partial charge >= 0.3 is 0 Å². The van der Waals surface area contributed by atoms with E-state index in [2.05, 4.69) is 21.8 Å². The van der Waals surface area contributed by atoms with E-state index in [1.807, 2.05) is 30.0 Å². The fourth-order valence-corrected chi connectivity index (χ4v) is 3.49. The molecule has 4 nitrogen and oxygen atoms in total. The number of likely N-dealkylation sites (tertiary alicyclic amines) is 1. The molecule has 1 aliphatic heterocycles. The zero-order chi connectivity index (χ0) is 14.8. The summed E-state index contributed by atoms with van der Waals surface area (Å²) in [7, 11) is 3.86. The summed E-state index contributed by atoms with van der Waals surface area (Å²) < 4.78 is 0. The van der Waals surface area contributed by atoms with Crippen LogP contribution in [0.4, 0.5) is 5.82 Å². The maximum Gasteiger partial charge on any atom is 0.254 e. The van der Waals surface area contributed by atoms with E-state index in [0.717, 1.165) is 30.8 Å². The number of hydrogen-bond donors (Lipinski definition) is 0. The Labute approximate surface area is 129 Å². The molecule has 0 saturated carbocycles. The first-order valence-corrected chi connectivity index (χ1v) is 8.07. The van der Waals surface area contributed by atoms with Crippen LogP contribution in [0.3, 0.4) is 0 Å². The van der Waals surface area contributed by atoms with Crippen molar-refractivity contribution < 1.29 is 4.79 Å². The summed E-state index contributed by atoms with van der Waals surface area (Å²) in [6, 6.07) is 6.02. The van der Waals surface area contributed by atoms with E-state index < -0.39 is 0 Å². The number of carbonyl (C=O) groups is 1. The largest absolute Gasteiger partial charge is 0.363 e. The van der Waals surface area contributed by atoms with Crippen molar-refractivity contribution in [1.82, 2.24) is 9.88 Å². The fourth-order valence-electron chi connectivity index (χ4n) is 2.78. The predicted octanol–water partition coefficient (Wildman–Crippen LogP) is 3.19. The molecule has 1 saturated heterocycles. The second-order valence-electron chi connectivity index (χ2n) is 5.51. The molecule has 0 aliphatic carbocycles. The average molecular weight is 301 g/mol. The Kier molecular flexibility index (Phi) is 3.92. The molecule has 5 heteroatoms. The lowest BCUT2D eigenvalue weighted by Gasteiger charge is -2.24. The van der Waals surface area contributed by atoms with Gasteiger partial charge in [-0.05, 0) is 47.4 Å². The van der Waals surface area contributed by atoms with E-state index in [4.69, 9.17) is 0 Å². The van der Waals surface area contributed by atoms with Crippen molar-refractivity contribution in [3.63, 3.8) is 0 Å². The van der Waals surface area contributed by atoms with Crippen LogP contribution in [-0.2, 0) is 0 Å². The van der Waals surface area contributed by atoms with Crippen LogP contribution in [0.1, 0.15) is 34.8 Å². The third kappa shape index (κ3) is 2.78. The molecule has 2 aromatic rings. The molecule has 2 aromatic heterocycles. The quantitative estimate of drug-likeness (QED) is 0.873. The molecule has 0 radical (unpaired) electrons. The molecule has 1 amide bonds. The van der Waals surface area contributed by atoms with E-state index in [-0.39, 0.29) is 11.9 Å². The van der Waals surface area contributed by atoms with Crippen LogP contribution in [0.25, 0.3) is 0 Å². The maximum atomic E-state index is 12.8. The molecule has 1 fully saturated rings. The van der Waals surface area contributed by atoms with Crippen molar-refractivity contribution in [1.29, 1.82) is 0 Å². The fraction of sp³-hybridized carbons (Fsp3) is 0.375. The third-order valence-electron chi connectivity index (χ3n) is 3.89. The second-order valence-corrected chi connectivity index (χ2v) is 6.29. The zero-order valence-corrected chi connectivity index (χ0v) is 13.1. The molecule has 0 spiro atoms. The Morgan fingerprint density at radius 2 is 2.29 bits per heavy atom. The first kappa shape index (κ1) is 14.1. The smallest absolute Gasteiger partial charge is 0.254 e. The van der Waals surface area contributed by atoms with Crippen molar-refractivity contribution in [3.8, 4) is 0 Å². The van der Waals surface area contributed by atoms with Gasteiger partial charge in [0.15, 0.2) is 0 Å². The van der Waals surface area contributed by atoms with Gasteiger partial charge in [-0.25, -0.2) is 4.98 Å². The molecule has 21 heavy (non-hydrogen) atoms. The highest BCUT2D eigenvalue weighted by Crippen LogP contribution is 2.34. The second kappa shape index (κ2) is 5.85. The third-order valence-corrected chi connectivity index (χ3v) is 4.59. The van der Waals surface area contributed by atoms with E-state index >= 15 is 0 Å². The van der Waals surface area contributed by atoms with Crippen LogP contribution in [0, 0.1) is 0 Å². The topological polar surface area (TPSA) is 36.4 Å². The number of rotatable bonds is 3. The minimum Gasteiger partial charge on any atom is -0.363 e. The molecular formula is C16H19N3OS. The summed E-state index contributed by atoms with van der Waals surface area (Å²) in [4.78, 5) is 21.0. The van der Waals surface area contributed by atoms with Crippen LogP contribution in [0.2, 0.25) is 0 Å². The van der Waals surface area contributed by atoms with Crippen molar-refractivity contribution in [2.24, 2.45) is 0 Å². The predicted molar refractivity (Wildman–Crippen MR) is 85.9 cm³/mol. The lowest BCUT2D eigenvalue weighted by Crippen LogP contribution is -2.30. The molecule has 3 rings (SSSR count). The Morgan fingerprint density at radius 3 is 3.00 bits per heavy atom. The summed E-state index contributed by atoms with van der Waals surface area (Å²) in [5.74, 6) is 0.918. The highest BCUT2D eigenvalue weighted by atomic mass is 32.1. The molecule has 1 atom stereocenters. The molecule has 1 unspecified atom stereocenters. The van der Waals surface area contributed by atoms with E-state index in [1.165, 1.54) is 5.56 Å². The Balaban J connectivity index is 1.86. The summed E-state index contributed by atoms with van der Waals surface area (Å²) in [5, 5.41) is 4.22. The van der Waals surface area contributed by atoms with Gasteiger partial charge in [-0.15, -0.1) is 0 Å². The van der Waals surface area contributed by atoms with E-state index in [9.17, 15) is 4.79 Å². The molecule has 1 aliphatic rings. The van der Waals surface area contributed by atoms with Gasteiger partial charge in [-0.3, -0.25) is 4.79 Å². The van der Waals surface area contributed by atoms with Crippen LogP contribution in [-0.4, -0.2) is 36.4 Å². The minimum absolute atomic E-state index is 0.106. The molecular weight excluding hydrogens is 282 g/mol. The maximum absolute atomic E-state index is 12.8. The summed E-state index contributed by atoms with van der Waals surface area (Å²) in [6.45, 7) is 0.832. The molecule has 3 heterocycles. The Bertz CT molecular complexity index is 624. The van der Waals surface area contributed by atoms with Crippen molar-refractivity contribution in [2.45, 2.75) is 18.9 Å². The number of nitrogens with zero attached hydrogens (tertiary/aromatic N) is 3. The number of carbonyl (C=O) groups excluding carboxylic acids is 1. The number of aromatic nitrogens is 1. The highest BCUT2D eigenvalue weighted by Gasteiger charge is 2.30. The zero-order valence-electron chi connectivity index (χ0n) is 12.3. The van der Waals surface area contributed by atoms with Crippen LogP contribution in [0.15, 0.2) is 35.2 Å². The SMILES string of the molecule is CN(C)c1cc(C(=O)N2CCCC2c2ccsc2)ccn1. The van der Waals surface area contributed by atoms with Gasteiger partial charge in [-0.2, -0.15) is 11.3 Å². The van der Waals surface area contributed by atoms with Gasteiger partial charge in [-0.1, -0.05) is 0 Å². The molecule has 110 valence electrons. The standard InChI is InChI=1S/C16H19N3OS/c1-18(2)15-10-12(5-7-17-15)16(20)19-8-3-4-14(19)13-6-9-21-11-13/h5-7,9-11,14H,3-4,8H2,1-2H3. The van der Waals surface area contributed by atoms with Crippen molar-refractivity contribution in [3.05, 3.63) is 46.3 Å². The summed E-state index contributed by atoms with van der Waals surface area (Å²) in [5.41, 5.74) is 1.98. The number of amides is 1. The monoisotopic (exact) mass is 301 g/mol. The van der Waals surface area contributed by atoms with Gasteiger partial charge in [0.05, 0.1) is 6.04 Å². The van der Waals surface area contributed by atoms with Crippen molar-refractivity contribution in [2.75, 3.05) is 25.5 Å². The van der Waals surface area contributed by atoms with Crippen molar-refractivity contribution >= 4 is 23.1 Å². The van der Waals surface area contributed by atoms with Gasteiger partial charge in [0.25, 0.3) is 5.91 Å². The van der Waals surface area contributed by atoms with Crippen LogP contribution in [0.5, 0.6) is 0 Å². The first-order valence-electron chi connectivity index (χ1n) is 7.13. The Morgan fingerprint density at radius 1 is 1.43 bits per heavy atom. The lowest BCUT2D eigenvalue weighted by molar-refractivity contribution is 0.0736. The van der Waals surface area contributed by atoms with E-state index in [1.54, 1.807) is 23.6 Å². The van der Waals surface area contributed by atoms with Gasteiger partial charge in [0.1, 0.15) is 5.82 Å². The average Bonchev–Trinajstić information content (AvgIpc) is 3.17. The van der Waals surface area contributed by atoms with Gasteiger partial charge in [0, 0.05) is 32.4 Å². The summed E-state index contributed by atoms with van der Waals surface area (Å²) >= 11 is 1.69. The van der Waals surface area contributed by atoms with Gasteiger partial charge in [0.2, 0.25) is 0 Å². The van der Waals surface area contributed by atoms with Crippen LogP contribution >= 0.6 is 11.3 Å². The number of thiophene rings is 1. The number of anilines is 1. The first-order chi connectivity index (χ1) is 10.2. The molecule has 0 bridgehead atoms. The normalized spacial score (nSPS) is 18.0. The summed E-state index contributed by atoms with van der Waals surface area (Å²) in [6.07, 6.45) is 3.82.